The third-order valence-corrected chi connectivity index (χ3v) is 4.37. The second kappa shape index (κ2) is 5.27. The maximum Gasteiger partial charge on any atom is 0.178 e. The van der Waals surface area contributed by atoms with Gasteiger partial charge in [-0.25, -0.2) is 0 Å². The van der Waals surface area contributed by atoms with Gasteiger partial charge >= 0.3 is 0 Å². The Bertz CT molecular complexity index is 568. The number of nitrogens with zero attached hydrogens (tertiary/aromatic N) is 1. The first-order valence-corrected chi connectivity index (χ1v) is 7.49. The first kappa shape index (κ1) is 12.7. The Balaban J connectivity index is 2.52. The van der Waals surface area contributed by atoms with Crippen molar-refractivity contribution in [3.8, 4) is 0 Å². The van der Waals surface area contributed by atoms with Crippen LogP contribution in [0.15, 0.2) is 18.2 Å². The number of H-pyrrole nitrogens is 1. The fraction of sp³-hybridized carbons (Fsp3) is 0.462. The van der Waals surface area contributed by atoms with Gasteiger partial charge in [0.2, 0.25) is 0 Å². The van der Waals surface area contributed by atoms with E-state index in [4.69, 9.17) is 12.2 Å². The summed E-state index contributed by atoms with van der Waals surface area (Å²) in [6, 6.07) is 6.73. The summed E-state index contributed by atoms with van der Waals surface area (Å²) in [7, 11) is 0. The molecule has 0 saturated heterocycles. The van der Waals surface area contributed by atoms with Crippen molar-refractivity contribution in [3.05, 3.63) is 28.5 Å². The zero-order chi connectivity index (χ0) is 12.4. The molecule has 2 aromatic rings. The smallest absolute Gasteiger partial charge is 0.178 e. The van der Waals surface area contributed by atoms with E-state index in [2.05, 4.69) is 48.5 Å². The van der Waals surface area contributed by atoms with Crippen molar-refractivity contribution in [1.29, 1.82) is 0 Å². The monoisotopic (exact) mass is 266 g/mol. The number of hydrogen-bond donors (Lipinski definition) is 1. The molecule has 92 valence electrons. The van der Waals surface area contributed by atoms with E-state index in [0.29, 0.717) is 6.04 Å². The number of aryl methyl sites for hydroxylation is 1. The predicted molar refractivity (Wildman–Crippen MR) is 79.6 cm³/mol. The molecule has 0 fully saturated rings. The van der Waals surface area contributed by atoms with Gasteiger partial charge < -0.3 is 9.55 Å². The summed E-state index contributed by atoms with van der Waals surface area (Å²) in [5.41, 5.74) is 3.67. The highest BCUT2D eigenvalue weighted by Crippen LogP contribution is 2.24. The minimum Gasteiger partial charge on any atom is -0.331 e. The molecule has 0 amide bonds. The quantitative estimate of drug-likeness (QED) is 0.832. The molecule has 1 aromatic carbocycles. The SMILES string of the molecule is CCSCC(C)n1c(=S)[nH]c2cccc(C)c21. The van der Waals surface area contributed by atoms with E-state index < -0.39 is 0 Å². The standard InChI is InChI=1S/C13H18N2S2/c1-4-17-8-10(3)15-12-9(2)6-5-7-11(12)14-13(15)16/h5-7,10H,4,8H2,1-3H3,(H,14,16). The molecule has 0 saturated carbocycles. The highest BCUT2D eigenvalue weighted by molar-refractivity contribution is 7.99. The van der Waals surface area contributed by atoms with Gasteiger partial charge in [0, 0.05) is 11.8 Å². The summed E-state index contributed by atoms with van der Waals surface area (Å²) in [5, 5.41) is 0. The number of aromatic amines is 1. The minimum absolute atomic E-state index is 0.433. The lowest BCUT2D eigenvalue weighted by Crippen LogP contribution is -2.08. The van der Waals surface area contributed by atoms with Gasteiger partial charge in [-0.05, 0) is 43.4 Å². The van der Waals surface area contributed by atoms with Crippen LogP contribution in [0.5, 0.6) is 0 Å². The van der Waals surface area contributed by atoms with Gasteiger partial charge in [-0.15, -0.1) is 0 Å². The number of imidazole rings is 1. The molecule has 0 spiro atoms. The average molecular weight is 266 g/mol. The Kier molecular flexibility index (Phi) is 3.94. The number of para-hydroxylation sites is 1. The molecule has 0 aliphatic rings. The van der Waals surface area contributed by atoms with Gasteiger partial charge in [-0.1, -0.05) is 19.1 Å². The first-order valence-electron chi connectivity index (χ1n) is 5.92. The van der Waals surface area contributed by atoms with Crippen molar-refractivity contribution in [2.75, 3.05) is 11.5 Å². The average Bonchev–Trinajstić information content (AvgIpc) is 2.64. The highest BCUT2D eigenvalue weighted by Gasteiger charge is 2.12. The molecule has 2 rings (SSSR count). The summed E-state index contributed by atoms with van der Waals surface area (Å²) in [4.78, 5) is 3.29. The second-order valence-electron chi connectivity index (χ2n) is 4.28. The molecule has 1 N–H and O–H groups in total. The summed E-state index contributed by atoms with van der Waals surface area (Å²) < 4.78 is 3.08. The Hall–Kier alpha value is -0.740. The Morgan fingerprint density at radius 2 is 2.24 bits per heavy atom. The van der Waals surface area contributed by atoms with Crippen molar-refractivity contribution in [3.63, 3.8) is 0 Å². The van der Waals surface area contributed by atoms with Gasteiger partial charge in [-0.3, -0.25) is 0 Å². The lowest BCUT2D eigenvalue weighted by molar-refractivity contribution is 0.618. The molecule has 17 heavy (non-hydrogen) atoms. The summed E-state index contributed by atoms with van der Waals surface area (Å²) in [6.07, 6.45) is 0. The zero-order valence-corrected chi connectivity index (χ0v) is 12.1. The van der Waals surface area contributed by atoms with E-state index in [1.807, 2.05) is 11.8 Å². The van der Waals surface area contributed by atoms with Crippen molar-refractivity contribution in [2.45, 2.75) is 26.8 Å². The van der Waals surface area contributed by atoms with Crippen LogP contribution in [0.25, 0.3) is 11.0 Å². The van der Waals surface area contributed by atoms with E-state index in [1.165, 1.54) is 11.1 Å². The first-order chi connectivity index (χ1) is 8.15. The van der Waals surface area contributed by atoms with Crippen LogP contribution in [0.4, 0.5) is 0 Å². The van der Waals surface area contributed by atoms with E-state index in [0.717, 1.165) is 21.8 Å². The van der Waals surface area contributed by atoms with Crippen LogP contribution in [-0.4, -0.2) is 21.1 Å². The summed E-state index contributed by atoms with van der Waals surface area (Å²) in [5.74, 6) is 2.26. The lowest BCUT2D eigenvalue weighted by Gasteiger charge is -2.14. The van der Waals surface area contributed by atoms with Gasteiger partial charge in [0.15, 0.2) is 4.77 Å². The van der Waals surface area contributed by atoms with E-state index in [9.17, 15) is 0 Å². The van der Waals surface area contributed by atoms with Crippen LogP contribution in [0.1, 0.15) is 25.5 Å². The van der Waals surface area contributed by atoms with E-state index >= 15 is 0 Å². The number of nitrogens with one attached hydrogen (secondary N) is 1. The third kappa shape index (κ3) is 2.43. The lowest BCUT2D eigenvalue weighted by atomic mass is 10.2. The minimum atomic E-state index is 0.433. The molecule has 1 aromatic heterocycles. The van der Waals surface area contributed by atoms with Crippen molar-refractivity contribution in [1.82, 2.24) is 9.55 Å². The zero-order valence-electron chi connectivity index (χ0n) is 10.5. The Labute approximate surface area is 111 Å². The van der Waals surface area contributed by atoms with Crippen LogP contribution >= 0.6 is 24.0 Å². The number of aromatic nitrogens is 2. The van der Waals surface area contributed by atoms with Crippen molar-refractivity contribution in [2.24, 2.45) is 0 Å². The topological polar surface area (TPSA) is 20.7 Å². The van der Waals surface area contributed by atoms with Gasteiger partial charge in [0.1, 0.15) is 0 Å². The van der Waals surface area contributed by atoms with Gasteiger partial charge in [-0.2, -0.15) is 11.8 Å². The molecule has 1 atom stereocenters. The number of hydrogen-bond acceptors (Lipinski definition) is 2. The van der Waals surface area contributed by atoms with Crippen LogP contribution in [-0.2, 0) is 0 Å². The van der Waals surface area contributed by atoms with Crippen LogP contribution < -0.4 is 0 Å². The number of fused-ring (bicyclic) bond motifs is 1. The molecule has 0 aliphatic carbocycles. The number of thioether (sulfide) groups is 1. The maximum atomic E-state index is 5.44. The normalized spacial score (nSPS) is 13.1. The molecule has 0 radical (unpaired) electrons. The largest absolute Gasteiger partial charge is 0.331 e. The molecular formula is C13H18N2S2. The third-order valence-electron chi connectivity index (χ3n) is 2.94. The van der Waals surface area contributed by atoms with Crippen molar-refractivity contribution < 1.29 is 0 Å². The molecule has 0 aliphatic heterocycles. The van der Waals surface area contributed by atoms with Crippen LogP contribution in [0.3, 0.4) is 0 Å². The highest BCUT2D eigenvalue weighted by atomic mass is 32.2. The summed E-state index contributed by atoms with van der Waals surface area (Å²) in [6.45, 7) is 6.57. The van der Waals surface area contributed by atoms with Crippen molar-refractivity contribution >= 4 is 35.0 Å². The Morgan fingerprint density at radius 1 is 1.47 bits per heavy atom. The molecule has 1 heterocycles. The molecular weight excluding hydrogens is 248 g/mol. The molecule has 0 bridgehead atoms. The Morgan fingerprint density at radius 3 is 2.94 bits per heavy atom. The van der Waals surface area contributed by atoms with E-state index in [-0.39, 0.29) is 0 Å². The van der Waals surface area contributed by atoms with E-state index in [1.54, 1.807) is 0 Å². The van der Waals surface area contributed by atoms with Gasteiger partial charge in [0.05, 0.1) is 11.0 Å². The van der Waals surface area contributed by atoms with Gasteiger partial charge in [0.25, 0.3) is 0 Å². The number of benzene rings is 1. The van der Waals surface area contributed by atoms with Crippen LogP contribution in [0.2, 0.25) is 0 Å². The maximum absolute atomic E-state index is 5.44. The molecule has 1 unspecified atom stereocenters. The van der Waals surface area contributed by atoms with Crippen LogP contribution in [0, 0.1) is 11.7 Å². The number of rotatable bonds is 4. The fourth-order valence-corrected chi connectivity index (χ4v) is 3.25. The molecule has 2 nitrogen and oxygen atoms in total. The molecule has 4 heteroatoms. The fourth-order valence-electron chi connectivity index (χ4n) is 2.14. The second-order valence-corrected chi connectivity index (χ2v) is 5.99. The summed E-state index contributed by atoms with van der Waals surface area (Å²) >= 11 is 7.39. The predicted octanol–water partition coefficient (Wildman–Crippen LogP) is 4.32.